The molecule has 0 aliphatic carbocycles. The van der Waals surface area contributed by atoms with E-state index in [4.69, 9.17) is 14.2 Å². The number of ether oxygens (including phenoxy) is 3. The van der Waals surface area contributed by atoms with Gasteiger partial charge in [0.15, 0.2) is 0 Å². The summed E-state index contributed by atoms with van der Waals surface area (Å²) >= 11 is 1.34. The first-order valence-electron chi connectivity index (χ1n) is 7.76. The standard InChI is InChI=1S/C18H21NO5S/c1-5-24-18(21)14-8-11(2)25-17(14)19-16(20)9-12-6-7-13(22-3)10-15(12)23-4/h6-8,10H,5,9H2,1-4H3,(H,19,20). The Hall–Kier alpha value is -2.54. The van der Waals surface area contributed by atoms with Crippen LogP contribution in [-0.4, -0.2) is 32.7 Å². The quantitative estimate of drug-likeness (QED) is 0.763. The van der Waals surface area contributed by atoms with Crippen LogP contribution in [0.25, 0.3) is 0 Å². The zero-order valence-electron chi connectivity index (χ0n) is 14.7. The van der Waals surface area contributed by atoms with Crippen LogP contribution in [0.5, 0.6) is 11.5 Å². The molecule has 0 saturated carbocycles. The number of carbonyl (C=O) groups is 2. The number of hydrogen-bond donors (Lipinski definition) is 1. The summed E-state index contributed by atoms with van der Waals surface area (Å²) in [6, 6.07) is 6.99. The molecule has 0 aliphatic heterocycles. The number of aryl methyl sites for hydroxylation is 1. The molecule has 1 N–H and O–H groups in total. The second-order valence-electron chi connectivity index (χ2n) is 5.22. The fourth-order valence-corrected chi connectivity index (χ4v) is 3.23. The van der Waals surface area contributed by atoms with E-state index in [0.717, 1.165) is 10.4 Å². The summed E-state index contributed by atoms with van der Waals surface area (Å²) in [5, 5.41) is 3.28. The molecule has 0 aliphatic rings. The smallest absolute Gasteiger partial charge is 0.341 e. The molecule has 0 radical (unpaired) electrons. The second kappa shape index (κ2) is 8.53. The number of hydrogen-bond acceptors (Lipinski definition) is 6. The minimum Gasteiger partial charge on any atom is -0.497 e. The van der Waals surface area contributed by atoms with Crippen LogP contribution in [-0.2, 0) is 16.0 Å². The molecule has 0 atom stereocenters. The maximum absolute atomic E-state index is 12.4. The van der Waals surface area contributed by atoms with Crippen LogP contribution in [0.3, 0.4) is 0 Å². The van der Waals surface area contributed by atoms with Crippen molar-refractivity contribution in [3.8, 4) is 11.5 Å². The van der Waals surface area contributed by atoms with E-state index in [-0.39, 0.29) is 18.9 Å². The Morgan fingerprint density at radius 2 is 1.92 bits per heavy atom. The number of rotatable bonds is 7. The van der Waals surface area contributed by atoms with Crippen molar-refractivity contribution < 1.29 is 23.8 Å². The number of benzene rings is 1. The minimum atomic E-state index is -0.441. The SMILES string of the molecule is CCOC(=O)c1cc(C)sc1NC(=O)Cc1ccc(OC)cc1OC. The summed E-state index contributed by atoms with van der Waals surface area (Å²) in [4.78, 5) is 25.3. The van der Waals surface area contributed by atoms with Gasteiger partial charge in [-0.2, -0.15) is 0 Å². The molecule has 0 unspecified atom stereocenters. The second-order valence-corrected chi connectivity index (χ2v) is 6.48. The first-order valence-corrected chi connectivity index (χ1v) is 8.58. The van der Waals surface area contributed by atoms with E-state index in [0.29, 0.717) is 22.1 Å². The molecule has 1 aromatic heterocycles. The van der Waals surface area contributed by atoms with E-state index in [1.807, 2.05) is 6.92 Å². The Morgan fingerprint density at radius 3 is 2.56 bits per heavy atom. The molecule has 2 aromatic rings. The number of esters is 1. The number of thiophene rings is 1. The first-order chi connectivity index (χ1) is 12.0. The molecule has 134 valence electrons. The van der Waals surface area contributed by atoms with Gasteiger partial charge in [0.05, 0.1) is 32.8 Å². The highest BCUT2D eigenvalue weighted by Gasteiger charge is 2.18. The van der Waals surface area contributed by atoms with Crippen LogP contribution in [0.4, 0.5) is 5.00 Å². The van der Waals surface area contributed by atoms with Crippen molar-refractivity contribution in [2.75, 3.05) is 26.1 Å². The van der Waals surface area contributed by atoms with Crippen molar-refractivity contribution in [3.05, 3.63) is 40.3 Å². The molecule has 1 amide bonds. The molecule has 1 heterocycles. The lowest BCUT2D eigenvalue weighted by Crippen LogP contribution is -2.16. The molecule has 0 fully saturated rings. The van der Waals surface area contributed by atoms with Gasteiger partial charge in [-0.1, -0.05) is 6.07 Å². The highest BCUT2D eigenvalue weighted by molar-refractivity contribution is 7.16. The van der Waals surface area contributed by atoms with E-state index in [9.17, 15) is 9.59 Å². The van der Waals surface area contributed by atoms with Gasteiger partial charge < -0.3 is 19.5 Å². The fraction of sp³-hybridized carbons (Fsp3) is 0.333. The third-order valence-corrected chi connectivity index (χ3v) is 4.41. The molecular weight excluding hydrogens is 342 g/mol. The van der Waals surface area contributed by atoms with Crippen molar-refractivity contribution in [2.24, 2.45) is 0 Å². The summed E-state index contributed by atoms with van der Waals surface area (Å²) in [5.74, 6) is 0.544. The molecule has 2 rings (SSSR count). The van der Waals surface area contributed by atoms with E-state index in [1.165, 1.54) is 18.4 Å². The molecule has 0 saturated heterocycles. The van der Waals surface area contributed by atoms with Gasteiger partial charge in [-0.25, -0.2) is 4.79 Å². The number of nitrogens with one attached hydrogen (secondary N) is 1. The molecule has 0 spiro atoms. The normalized spacial score (nSPS) is 10.2. The summed E-state index contributed by atoms with van der Waals surface area (Å²) < 4.78 is 15.5. The van der Waals surface area contributed by atoms with Crippen LogP contribution in [0, 0.1) is 6.92 Å². The Bertz CT molecular complexity index is 769. The van der Waals surface area contributed by atoms with Gasteiger partial charge in [-0.05, 0) is 26.0 Å². The third-order valence-electron chi connectivity index (χ3n) is 3.45. The van der Waals surface area contributed by atoms with Crippen LogP contribution < -0.4 is 14.8 Å². The molecule has 25 heavy (non-hydrogen) atoms. The van der Waals surface area contributed by atoms with Gasteiger partial charge in [0, 0.05) is 16.5 Å². The predicted octanol–water partition coefficient (Wildman–Crippen LogP) is 3.43. The Morgan fingerprint density at radius 1 is 1.16 bits per heavy atom. The zero-order valence-corrected chi connectivity index (χ0v) is 15.5. The summed E-state index contributed by atoms with van der Waals surface area (Å²) in [6.45, 7) is 3.89. The lowest BCUT2D eigenvalue weighted by molar-refractivity contribution is -0.115. The number of carbonyl (C=O) groups excluding carboxylic acids is 2. The van der Waals surface area contributed by atoms with E-state index in [1.54, 1.807) is 38.3 Å². The summed E-state index contributed by atoms with van der Waals surface area (Å²) in [7, 11) is 3.11. The number of amides is 1. The van der Waals surface area contributed by atoms with Crippen molar-refractivity contribution in [3.63, 3.8) is 0 Å². The first kappa shape index (κ1) is 18.8. The highest BCUT2D eigenvalue weighted by atomic mass is 32.1. The summed E-state index contributed by atoms with van der Waals surface area (Å²) in [5.41, 5.74) is 1.10. The summed E-state index contributed by atoms with van der Waals surface area (Å²) in [6.07, 6.45) is 0.117. The van der Waals surface area contributed by atoms with Crippen LogP contribution in [0.1, 0.15) is 27.7 Å². The largest absolute Gasteiger partial charge is 0.497 e. The van der Waals surface area contributed by atoms with Gasteiger partial charge in [-0.3, -0.25) is 4.79 Å². The number of anilines is 1. The third kappa shape index (κ3) is 4.73. The average Bonchev–Trinajstić information content (AvgIpc) is 2.95. The Kier molecular flexibility index (Phi) is 6.41. The maximum atomic E-state index is 12.4. The molecule has 1 aromatic carbocycles. The van der Waals surface area contributed by atoms with Crippen LogP contribution in [0.15, 0.2) is 24.3 Å². The Balaban J connectivity index is 2.15. The van der Waals surface area contributed by atoms with Crippen molar-refractivity contribution >= 4 is 28.2 Å². The van der Waals surface area contributed by atoms with Gasteiger partial charge in [0.2, 0.25) is 5.91 Å². The fourth-order valence-electron chi connectivity index (χ4n) is 2.31. The molecular formula is C18H21NO5S. The topological polar surface area (TPSA) is 73.9 Å². The maximum Gasteiger partial charge on any atom is 0.341 e. The van der Waals surface area contributed by atoms with E-state index in [2.05, 4.69) is 5.32 Å². The lowest BCUT2D eigenvalue weighted by atomic mass is 10.1. The monoisotopic (exact) mass is 363 g/mol. The van der Waals surface area contributed by atoms with Gasteiger partial charge >= 0.3 is 5.97 Å². The zero-order chi connectivity index (χ0) is 18.4. The highest BCUT2D eigenvalue weighted by Crippen LogP contribution is 2.29. The minimum absolute atomic E-state index is 0.117. The van der Waals surface area contributed by atoms with Gasteiger partial charge in [0.1, 0.15) is 16.5 Å². The van der Waals surface area contributed by atoms with Crippen molar-refractivity contribution in [2.45, 2.75) is 20.3 Å². The lowest BCUT2D eigenvalue weighted by Gasteiger charge is -2.11. The average molecular weight is 363 g/mol. The molecule has 7 heteroatoms. The predicted molar refractivity (Wildman–Crippen MR) is 96.9 cm³/mol. The Labute approximate surface area is 150 Å². The van der Waals surface area contributed by atoms with Gasteiger partial charge in [0.25, 0.3) is 0 Å². The molecule has 0 bridgehead atoms. The van der Waals surface area contributed by atoms with Gasteiger partial charge in [-0.15, -0.1) is 11.3 Å². The van der Waals surface area contributed by atoms with Crippen LogP contribution in [0.2, 0.25) is 0 Å². The van der Waals surface area contributed by atoms with Crippen molar-refractivity contribution in [1.82, 2.24) is 0 Å². The van der Waals surface area contributed by atoms with E-state index < -0.39 is 5.97 Å². The van der Waals surface area contributed by atoms with E-state index >= 15 is 0 Å². The number of methoxy groups -OCH3 is 2. The molecule has 6 nitrogen and oxygen atoms in total. The van der Waals surface area contributed by atoms with Crippen molar-refractivity contribution in [1.29, 1.82) is 0 Å². The van der Waals surface area contributed by atoms with Crippen LogP contribution >= 0.6 is 11.3 Å².